The van der Waals surface area contributed by atoms with Crippen molar-refractivity contribution < 1.29 is 4.74 Å². The van der Waals surface area contributed by atoms with Gasteiger partial charge in [-0.1, -0.05) is 24.3 Å². The summed E-state index contributed by atoms with van der Waals surface area (Å²) in [6.07, 6.45) is 3.73. The smallest absolute Gasteiger partial charge is 0.122 e. The van der Waals surface area contributed by atoms with Crippen molar-refractivity contribution in [3.63, 3.8) is 0 Å². The van der Waals surface area contributed by atoms with Gasteiger partial charge in [0.15, 0.2) is 0 Å². The van der Waals surface area contributed by atoms with Crippen LogP contribution in [0.3, 0.4) is 0 Å². The molecule has 0 saturated heterocycles. The summed E-state index contributed by atoms with van der Waals surface area (Å²) in [5.41, 5.74) is 1.20. The standard InChI is InChI=1S/C12H16OS/c1-2-6-11-7-3-4-8-12(11)13-9-5-10-14/h2-4,7-8,14H,1,5-6,9-10H2. The van der Waals surface area contributed by atoms with Gasteiger partial charge in [0.25, 0.3) is 0 Å². The molecular formula is C12H16OS. The van der Waals surface area contributed by atoms with Crippen LogP contribution < -0.4 is 4.74 Å². The van der Waals surface area contributed by atoms with E-state index in [1.54, 1.807) is 0 Å². The highest BCUT2D eigenvalue weighted by Gasteiger charge is 1.99. The maximum Gasteiger partial charge on any atom is 0.122 e. The van der Waals surface area contributed by atoms with Crippen LogP contribution in [0.25, 0.3) is 0 Å². The first-order chi connectivity index (χ1) is 6.88. The summed E-state index contributed by atoms with van der Waals surface area (Å²) in [4.78, 5) is 0. The molecule has 0 amide bonds. The Kier molecular flexibility index (Phi) is 5.23. The Morgan fingerprint density at radius 1 is 1.36 bits per heavy atom. The molecule has 1 nitrogen and oxygen atoms in total. The fraction of sp³-hybridized carbons (Fsp3) is 0.333. The fourth-order valence-corrected chi connectivity index (χ4v) is 1.34. The zero-order valence-electron chi connectivity index (χ0n) is 8.28. The van der Waals surface area contributed by atoms with Gasteiger partial charge in [0.05, 0.1) is 6.61 Å². The van der Waals surface area contributed by atoms with Crippen LogP contribution >= 0.6 is 12.6 Å². The molecule has 0 radical (unpaired) electrons. The zero-order chi connectivity index (χ0) is 10.2. The Morgan fingerprint density at radius 3 is 2.86 bits per heavy atom. The summed E-state index contributed by atoms with van der Waals surface area (Å²) in [5.74, 6) is 1.83. The van der Waals surface area contributed by atoms with Gasteiger partial charge < -0.3 is 4.74 Å². The summed E-state index contributed by atoms with van der Waals surface area (Å²) < 4.78 is 5.63. The van der Waals surface area contributed by atoms with Crippen molar-refractivity contribution in [1.29, 1.82) is 0 Å². The number of hydrogen-bond donors (Lipinski definition) is 1. The second-order valence-corrected chi connectivity index (χ2v) is 3.47. The van der Waals surface area contributed by atoms with Crippen LogP contribution in [0.1, 0.15) is 12.0 Å². The summed E-state index contributed by atoms with van der Waals surface area (Å²) in [7, 11) is 0. The fourth-order valence-electron chi connectivity index (χ4n) is 1.22. The van der Waals surface area contributed by atoms with E-state index in [0.717, 1.165) is 31.0 Å². The molecule has 0 atom stereocenters. The van der Waals surface area contributed by atoms with Gasteiger partial charge in [-0.3, -0.25) is 0 Å². The van der Waals surface area contributed by atoms with Crippen molar-refractivity contribution in [2.24, 2.45) is 0 Å². The molecule has 0 aliphatic rings. The zero-order valence-corrected chi connectivity index (χ0v) is 9.17. The molecule has 1 aromatic carbocycles. The normalized spacial score (nSPS) is 9.79. The minimum absolute atomic E-state index is 0.734. The molecule has 0 heterocycles. The highest BCUT2D eigenvalue weighted by molar-refractivity contribution is 7.80. The average molecular weight is 208 g/mol. The van der Waals surface area contributed by atoms with Gasteiger partial charge in [-0.2, -0.15) is 12.6 Å². The Hall–Kier alpha value is -0.890. The van der Waals surface area contributed by atoms with Crippen LogP contribution in [0.2, 0.25) is 0 Å². The van der Waals surface area contributed by atoms with Crippen LogP contribution in [-0.4, -0.2) is 12.4 Å². The van der Waals surface area contributed by atoms with Gasteiger partial charge in [0.1, 0.15) is 5.75 Å². The number of hydrogen-bond acceptors (Lipinski definition) is 2. The van der Waals surface area contributed by atoms with E-state index in [-0.39, 0.29) is 0 Å². The summed E-state index contributed by atoms with van der Waals surface area (Å²) in [6, 6.07) is 8.07. The number of thiol groups is 1. The molecule has 2 heteroatoms. The Balaban J connectivity index is 2.59. The van der Waals surface area contributed by atoms with E-state index in [1.807, 2.05) is 24.3 Å². The largest absolute Gasteiger partial charge is 0.493 e. The van der Waals surface area contributed by atoms with E-state index in [4.69, 9.17) is 4.74 Å². The van der Waals surface area contributed by atoms with Gasteiger partial charge in [0, 0.05) is 0 Å². The van der Waals surface area contributed by atoms with E-state index in [1.165, 1.54) is 5.56 Å². The highest BCUT2D eigenvalue weighted by atomic mass is 32.1. The van der Waals surface area contributed by atoms with Crippen molar-refractivity contribution in [2.45, 2.75) is 12.8 Å². The predicted molar refractivity (Wildman–Crippen MR) is 64.3 cm³/mol. The number of rotatable bonds is 6. The molecule has 76 valence electrons. The number of ether oxygens (including phenoxy) is 1. The lowest BCUT2D eigenvalue weighted by molar-refractivity contribution is 0.316. The Bertz CT molecular complexity index is 283. The summed E-state index contributed by atoms with van der Waals surface area (Å²) >= 11 is 4.14. The molecule has 0 aliphatic carbocycles. The molecule has 0 bridgehead atoms. The minimum Gasteiger partial charge on any atom is -0.493 e. The quantitative estimate of drug-likeness (QED) is 0.429. The van der Waals surface area contributed by atoms with E-state index in [9.17, 15) is 0 Å². The summed E-state index contributed by atoms with van der Waals surface area (Å²) in [5, 5.41) is 0. The van der Waals surface area contributed by atoms with E-state index in [0.29, 0.717) is 0 Å². The monoisotopic (exact) mass is 208 g/mol. The molecule has 0 spiro atoms. The molecular weight excluding hydrogens is 192 g/mol. The third kappa shape index (κ3) is 3.46. The Labute approximate surface area is 91.2 Å². The first kappa shape index (κ1) is 11.2. The van der Waals surface area contributed by atoms with Crippen LogP contribution in [0.4, 0.5) is 0 Å². The lowest BCUT2D eigenvalue weighted by Gasteiger charge is -2.09. The van der Waals surface area contributed by atoms with Gasteiger partial charge in [-0.05, 0) is 30.2 Å². The number of para-hydroxylation sites is 1. The van der Waals surface area contributed by atoms with Gasteiger partial charge in [-0.15, -0.1) is 6.58 Å². The molecule has 1 aromatic rings. The van der Waals surface area contributed by atoms with Crippen molar-refractivity contribution in [1.82, 2.24) is 0 Å². The summed E-state index contributed by atoms with van der Waals surface area (Å²) in [6.45, 7) is 4.46. The van der Waals surface area contributed by atoms with E-state index < -0.39 is 0 Å². The lowest BCUT2D eigenvalue weighted by atomic mass is 10.1. The first-order valence-corrected chi connectivity index (χ1v) is 5.44. The SMILES string of the molecule is C=CCc1ccccc1OCCCS. The number of benzene rings is 1. The molecule has 0 unspecified atom stereocenters. The Morgan fingerprint density at radius 2 is 2.14 bits per heavy atom. The van der Waals surface area contributed by atoms with Crippen molar-refractivity contribution >= 4 is 12.6 Å². The van der Waals surface area contributed by atoms with Gasteiger partial charge in [-0.25, -0.2) is 0 Å². The molecule has 0 aliphatic heterocycles. The maximum absolute atomic E-state index is 5.63. The van der Waals surface area contributed by atoms with Gasteiger partial charge >= 0.3 is 0 Å². The molecule has 14 heavy (non-hydrogen) atoms. The predicted octanol–water partition coefficient (Wildman–Crippen LogP) is 3.11. The van der Waals surface area contributed by atoms with Crippen LogP contribution in [0.5, 0.6) is 5.75 Å². The highest BCUT2D eigenvalue weighted by Crippen LogP contribution is 2.18. The molecule has 0 aromatic heterocycles. The van der Waals surface area contributed by atoms with Crippen LogP contribution in [0.15, 0.2) is 36.9 Å². The third-order valence-corrected chi connectivity index (χ3v) is 2.21. The van der Waals surface area contributed by atoms with E-state index in [2.05, 4.69) is 25.3 Å². The molecule has 0 fully saturated rings. The third-order valence-electron chi connectivity index (χ3n) is 1.90. The minimum atomic E-state index is 0.734. The topological polar surface area (TPSA) is 9.23 Å². The van der Waals surface area contributed by atoms with Crippen LogP contribution in [0, 0.1) is 0 Å². The van der Waals surface area contributed by atoms with Gasteiger partial charge in [0.2, 0.25) is 0 Å². The van der Waals surface area contributed by atoms with Crippen molar-refractivity contribution in [3.05, 3.63) is 42.5 Å². The van der Waals surface area contributed by atoms with E-state index >= 15 is 0 Å². The molecule has 0 saturated carbocycles. The molecule has 1 rings (SSSR count). The first-order valence-electron chi connectivity index (χ1n) is 4.81. The lowest BCUT2D eigenvalue weighted by Crippen LogP contribution is -2.00. The molecule has 0 N–H and O–H groups in total. The van der Waals surface area contributed by atoms with Crippen molar-refractivity contribution in [2.75, 3.05) is 12.4 Å². The average Bonchev–Trinajstić information content (AvgIpc) is 2.21. The van der Waals surface area contributed by atoms with Crippen LogP contribution in [-0.2, 0) is 6.42 Å². The maximum atomic E-state index is 5.63. The van der Waals surface area contributed by atoms with Crippen molar-refractivity contribution in [3.8, 4) is 5.75 Å². The second kappa shape index (κ2) is 6.55. The number of allylic oxidation sites excluding steroid dienone is 1. The second-order valence-electron chi connectivity index (χ2n) is 3.03.